The first-order valence-electron chi connectivity index (χ1n) is 10.1. The van der Waals surface area contributed by atoms with Crippen molar-refractivity contribution in [3.8, 4) is 23.0 Å². The maximum atomic E-state index is 9.19. The van der Waals surface area contributed by atoms with Crippen LogP contribution in [0.2, 0.25) is 0 Å². The van der Waals surface area contributed by atoms with Crippen LogP contribution in [-0.2, 0) is 6.42 Å². The van der Waals surface area contributed by atoms with Crippen molar-refractivity contribution in [2.45, 2.75) is 19.3 Å². The van der Waals surface area contributed by atoms with Gasteiger partial charge in [-0.3, -0.25) is 0 Å². The van der Waals surface area contributed by atoms with Gasteiger partial charge in [0, 0.05) is 24.0 Å². The minimum Gasteiger partial charge on any atom is -0.496 e. The first kappa shape index (κ1) is 20.1. The van der Waals surface area contributed by atoms with Gasteiger partial charge in [0.05, 0.1) is 13.7 Å². The Bertz CT molecular complexity index is 1000. The molecule has 0 spiro atoms. The molecule has 4 rings (SSSR count). The number of fused-ring (bicyclic) bond motifs is 1. The smallest absolute Gasteiger partial charge is 0.231 e. The molecule has 0 saturated heterocycles. The van der Waals surface area contributed by atoms with Crippen LogP contribution in [0.3, 0.4) is 0 Å². The predicted octanol–water partition coefficient (Wildman–Crippen LogP) is 4.54. The van der Waals surface area contributed by atoms with E-state index in [1.807, 2.05) is 30.3 Å². The highest BCUT2D eigenvalue weighted by molar-refractivity contribution is 5.55. The first-order chi connectivity index (χ1) is 14.7. The topological polar surface area (TPSA) is 57.2 Å². The number of benzene rings is 3. The Labute approximate surface area is 176 Å². The SMILES string of the molecule is COc1cc([C@H](C)c2cc3c(cc2OCCO)OCO3)ccc1Cc1ccccc1. The number of ether oxygens (including phenoxy) is 4. The lowest BCUT2D eigenvalue weighted by Crippen LogP contribution is -2.06. The van der Waals surface area contributed by atoms with E-state index >= 15 is 0 Å². The number of methoxy groups -OCH3 is 1. The second-order valence-corrected chi connectivity index (χ2v) is 7.27. The number of aliphatic hydroxyl groups excluding tert-OH is 1. The average molecular weight is 406 g/mol. The zero-order valence-electron chi connectivity index (χ0n) is 17.3. The van der Waals surface area contributed by atoms with Crippen LogP contribution in [0.5, 0.6) is 23.0 Å². The van der Waals surface area contributed by atoms with E-state index in [1.54, 1.807) is 7.11 Å². The second kappa shape index (κ2) is 9.09. The van der Waals surface area contributed by atoms with Gasteiger partial charge in [-0.2, -0.15) is 0 Å². The Morgan fingerprint density at radius 3 is 2.47 bits per heavy atom. The fraction of sp³-hybridized carbons (Fsp3) is 0.280. The molecule has 0 bridgehead atoms. The molecule has 0 radical (unpaired) electrons. The first-order valence-corrected chi connectivity index (χ1v) is 10.1. The number of hydrogen-bond donors (Lipinski definition) is 1. The van der Waals surface area contributed by atoms with E-state index in [0.29, 0.717) is 17.2 Å². The molecule has 0 unspecified atom stereocenters. The molecule has 30 heavy (non-hydrogen) atoms. The summed E-state index contributed by atoms with van der Waals surface area (Å²) in [5.41, 5.74) is 4.47. The van der Waals surface area contributed by atoms with Gasteiger partial charge in [-0.05, 0) is 28.8 Å². The molecule has 3 aromatic carbocycles. The number of aliphatic hydroxyl groups is 1. The van der Waals surface area contributed by atoms with Crippen molar-refractivity contribution in [2.24, 2.45) is 0 Å². The molecule has 0 fully saturated rings. The van der Waals surface area contributed by atoms with Crippen molar-refractivity contribution in [3.05, 3.63) is 82.9 Å². The third-order valence-corrected chi connectivity index (χ3v) is 5.37. The summed E-state index contributed by atoms with van der Waals surface area (Å²) in [7, 11) is 1.70. The summed E-state index contributed by atoms with van der Waals surface area (Å²) in [5.74, 6) is 2.96. The normalized spacial score (nSPS) is 13.2. The molecule has 1 atom stereocenters. The molecule has 1 aliphatic rings. The molecule has 1 heterocycles. The quantitative estimate of drug-likeness (QED) is 0.595. The molecular formula is C25H26O5. The largest absolute Gasteiger partial charge is 0.496 e. The van der Waals surface area contributed by atoms with E-state index < -0.39 is 0 Å². The Morgan fingerprint density at radius 1 is 0.967 bits per heavy atom. The highest BCUT2D eigenvalue weighted by Crippen LogP contribution is 2.43. The van der Waals surface area contributed by atoms with Crippen molar-refractivity contribution < 1.29 is 24.1 Å². The van der Waals surface area contributed by atoms with Gasteiger partial charge in [0.25, 0.3) is 0 Å². The Kier molecular flexibility index (Phi) is 6.10. The predicted molar refractivity (Wildman–Crippen MR) is 115 cm³/mol. The zero-order chi connectivity index (χ0) is 20.9. The van der Waals surface area contributed by atoms with E-state index in [4.69, 9.17) is 18.9 Å². The van der Waals surface area contributed by atoms with Crippen LogP contribution in [0.25, 0.3) is 0 Å². The van der Waals surface area contributed by atoms with Crippen molar-refractivity contribution >= 4 is 0 Å². The number of rotatable bonds is 8. The van der Waals surface area contributed by atoms with Crippen molar-refractivity contribution in [3.63, 3.8) is 0 Å². The van der Waals surface area contributed by atoms with Gasteiger partial charge in [0.1, 0.15) is 18.1 Å². The molecule has 1 N–H and O–H groups in total. The zero-order valence-corrected chi connectivity index (χ0v) is 17.3. The maximum Gasteiger partial charge on any atom is 0.231 e. The fourth-order valence-electron chi connectivity index (χ4n) is 3.73. The Morgan fingerprint density at radius 2 is 1.73 bits per heavy atom. The number of hydrogen-bond acceptors (Lipinski definition) is 5. The lowest BCUT2D eigenvalue weighted by Gasteiger charge is -2.19. The summed E-state index contributed by atoms with van der Waals surface area (Å²) in [5, 5.41) is 9.19. The van der Waals surface area contributed by atoms with E-state index in [1.165, 1.54) is 5.56 Å². The van der Waals surface area contributed by atoms with Crippen LogP contribution >= 0.6 is 0 Å². The monoisotopic (exact) mass is 406 g/mol. The lowest BCUT2D eigenvalue weighted by atomic mass is 9.90. The van der Waals surface area contributed by atoms with Gasteiger partial charge < -0.3 is 24.1 Å². The Balaban J connectivity index is 1.65. The second-order valence-electron chi connectivity index (χ2n) is 7.27. The summed E-state index contributed by atoms with van der Waals surface area (Å²) in [4.78, 5) is 0. The van der Waals surface area contributed by atoms with E-state index in [-0.39, 0.29) is 25.9 Å². The van der Waals surface area contributed by atoms with Gasteiger partial charge in [-0.15, -0.1) is 0 Å². The van der Waals surface area contributed by atoms with Gasteiger partial charge >= 0.3 is 0 Å². The molecular weight excluding hydrogens is 380 g/mol. The van der Waals surface area contributed by atoms with Crippen molar-refractivity contribution in [1.29, 1.82) is 0 Å². The van der Waals surface area contributed by atoms with Crippen LogP contribution in [0.4, 0.5) is 0 Å². The molecule has 1 aliphatic heterocycles. The molecule has 156 valence electrons. The molecule has 0 aromatic heterocycles. The molecule has 0 amide bonds. The average Bonchev–Trinajstić information content (AvgIpc) is 3.25. The van der Waals surface area contributed by atoms with Gasteiger partial charge in [-0.1, -0.05) is 49.4 Å². The maximum absolute atomic E-state index is 9.19. The van der Waals surface area contributed by atoms with Crippen molar-refractivity contribution in [2.75, 3.05) is 27.1 Å². The fourth-order valence-corrected chi connectivity index (χ4v) is 3.73. The summed E-state index contributed by atoms with van der Waals surface area (Å²) < 4.78 is 22.5. The van der Waals surface area contributed by atoms with Crippen LogP contribution in [-0.4, -0.2) is 32.2 Å². The van der Waals surface area contributed by atoms with E-state index in [9.17, 15) is 5.11 Å². The third kappa shape index (κ3) is 4.21. The van der Waals surface area contributed by atoms with Gasteiger partial charge in [0.2, 0.25) is 6.79 Å². The van der Waals surface area contributed by atoms with Crippen molar-refractivity contribution in [1.82, 2.24) is 0 Å². The third-order valence-electron chi connectivity index (χ3n) is 5.37. The van der Waals surface area contributed by atoms with Gasteiger partial charge in [-0.25, -0.2) is 0 Å². The summed E-state index contributed by atoms with van der Waals surface area (Å²) in [6, 6.07) is 20.5. The van der Waals surface area contributed by atoms with Gasteiger partial charge in [0.15, 0.2) is 11.5 Å². The van der Waals surface area contributed by atoms with E-state index in [0.717, 1.165) is 28.9 Å². The minimum atomic E-state index is -0.0513. The van der Waals surface area contributed by atoms with Crippen LogP contribution in [0.1, 0.15) is 35.1 Å². The Hall–Kier alpha value is -3.18. The highest BCUT2D eigenvalue weighted by atomic mass is 16.7. The van der Waals surface area contributed by atoms with Crippen LogP contribution in [0.15, 0.2) is 60.7 Å². The van der Waals surface area contributed by atoms with E-state index in [2.05, 4.69) is 37.3 Å². The molecule has 5 heteroatoms. The molecule has 0 saturated carbocycles. The summed E-state index contributed by atoms with van der Waals surface area (Å²) in [6.07, 6.45) is 0.813. The summed E-state index contributed by atoms with van der Waals surface area (Å²) in [6.45, 7) is 2.49. The molecule has 5 nitrogen and oxygen atoms in total. The lowest BCUT2D eigenvalue weighted by molar-refractivity contribution is 0.173. The molecule has 0 aliphatic carbocycles. The minimum absolute atomic E-state index is 0.0351. The highest BCUT2D eigenvalue weighted by Gasteiger charge is 2.23. The molecule has 3 aromatic rings. The van der Waals surface area contributed by atoms with Crippen LogP contribution < -0.4 is 18.9 Å². The summed E-state index contributed by atoms with van der Waals surface area (Å²) >= 11 is 0. The van der Waals surface area contributed by atoms with Crippen LogP contribution in [0, 0.1) is 0 Å². The standard InChI is InChI=1S/C25H26O5/c1-17(21-14-24-25(30-16-29-24)15-23(21)28-11-10-26)19-8-9-20(22(13-19)27-2)12-18-6-4-3-5-7-18/h3-9,13-15,17,26H,10-12,16H2,1-2H3/t17-/m0/s1.